The van der Waals surface area contributed by atoms with Crippen molar-refractivity contribution in [2.45, 2.75) is 31.1 Å². The summed E-state index contributed by atoms with van der Waals surface area (Å²) in [4.78, 5) is 12.3. The molecular weight excluding hydrogens is 336 g/mol. The molecule has 0 fully saturated rings. The van der Waals surface area contributed by atoms with E-state index in [1.54, 1.807) is 18.2 Å². The second-order valence-electron chi connectivity index (χ2n) is 6.17. The molecule has 0 aliphatic carbocycles. The SMILES string of the molecule is Cc1ccc(CCCC(=O)Nc2ccccc2S(=O)(=O)N(C)C)cc1. The normalized spacial score (nSPS) is 11.5. The lowest BCUT2D eigenvalue weighted by Crippen LogP contribution is -2.24. The van der Waals surface area contributed by atoms with Crippen LogP contribution in [0.25, 0.3) is 0 Å². The Bertz CT molecular complexity index is 828. The van der Waals surface area contributed by atoms with Crippen molar-refractivity contribution in [1.82, 2.24) is 4.31 Å². The number of sulfonamides is 1. The molecule has 25 heavy (non-hydrogen) atoms. The Morgan fingerprint density at radius 2 is 1.68 bits per heavy atom. The highest BCUT2D eigenvalue weighted by molar-refractivity contribution is 7.89. The number of aryl methyl sites for hydroxylation is 2. The number of nitrogens with zero attached hydrogens (tertiary/aromatic N) is 1. The minimum absolute atomic E-state index is 0.104. The minimum atomic E-state index is -3.60. The molecule has 0 heterocycles. The maximum Gasteiger partial charge on any atom is 0.244 e. The summed E-state index contributed by atoms with van der Waals surface area (Å²) in [6.45, 7) is 2.04. The van der Waals surface area contributed by atoms with Crippen molar-refractivity contribution >= 4 is 21.6 Å². The fourth-order valence-corrected chi connectivity index (χ4v) is 3.45. The summed E-state index contributed by atoms with van der Waals surface area (Å²) in [5, 5.41) is 2.72. The lowest BCUT2D eigenvalue weighted by atomic mass is 10.1. The van der Waals surface area contributed by atoms with E-state index in [0.29, 0.717) is 18.5 Å². The second-order valence-corrected chi connectivity index (χ2v) is 8.29. The standard InChI is InChI=1S/C19H24N2O3S/c1-15-11-13-16(14-12-15)7-6-10-19(22)20-17-8-4-5-9-18(17)25(23,24)21(2)3/h4-5,8-9,11-14H,6-7,10H2,1-3H3,(H,20,22). The van der Waals surface area contributed by atoms with Crippen molar-refractivity contribution in [3.63, 3.8) is 0 Å². The smallest absolute Gasteiger partial charge is 0.244 e. The van der Waals surface area contributed by atoms with Gasteiger partial charge in [-0.2, -0.15) is 0 Å². The average Bonchev–Trinajstić information content (AvgIpc) is 2.57. The van der Waals surface area contributed by atoms with Crippen molar-refractivity contribution < 1.29 is 13.2 Å². The number of para-hydroxylation sites is 1. The van der Waals surface area contributed by atoms with E-state index in [1.807, 2.05) is 6.92 Å². The minimum Gasteiger partial charge on any atom is -0.325 e. The van der Waals surface area contributed by atoms with Crippen LogP contribution in [0, 0.1) is 6.92 Å². The number of carbonyl (C=O) groups excluding carboxylic acids is 1. The van der Waals surface area contributed by atoms with Crippen LogP contribution >= 0.6 is 0 Å². The average molecular weight is 360 g/mol. The summed E-state index contributed by atoms with van der Waals surface area (Å²) >= 11 is 0. The fraction of sp³-hybridized carbons (Fsp3) is 0.316. The molecule has 0 unspecified atom stereocenters. The van der Waals surface area contributed by atoms with E-state index < -0.39 is 10.0 Å². The van der Waals surface area contributed by atoms with E-state index in [1.165, 1.54) is 31.3 Å². The Balaban J connectivity index is 1.98. The quantitative estimate of drug-likeness (QED) is 0.824. The summed E-state index contributed by atoms with van der Waals surface area (Å²) in [6, 6.07) is 14.7. The van der Waals surface area contributed by atoms with E-state index >= 15 is 0 Å². The van der Waals surface area contributed by atoms with Crippen LogP contribution in [-0.2, 0) is 21.2 Å². The number of benzene rings is 2. The molecule has 5 nitrogen and oxygen atoms in total. The van der Waals surface area contributed by atoms with Crippen LogP contribution < -0.4 is 5.32 Å². The molecule has 0 aliphatic heterocycles. The topological polar surface area (TPSA) is 66.5 Å². The van der Waals surface area contributed by atoms with Gasteiger partial charge in [0.1, 0.15) is 4.90 Å². The first kappa shape index (κ1) is 19.1. The third kappa shape index (κ3) is 5.14. The van der Waals surface area contributed by atoms with Crippen LogP contribution in [0.3, 0.4) is 0 Å². The zero-order valence-corrected chi connectivity index (χ0v) is 15.6. The van der Waals surface area contributed by atoms with E-state index in [-0.39, 0.29) is 10.8 Å². The van der Waals surface area contributed by atoms with Gasteiger partial charge in [0.2, 0.25) is 15.9 Å². The Morgan fingerprint density at radius 1 is 1.04 bits per heavy atom. The molecule has 0 atom stereocenters. The zero-order chi connectivity index (χ0) is 18.4. The molecular formula is C19H24N2O3S. The molecule has 1 N–H and O–H groups in total. The predicted molar refractivity (Wildman–Crippen MR) is 100 cm³/mol. The molecule has 0 radical (unpaired) electrons. The third-order valence-corrected chi connectivity index (χ3v) is 5.78. The first-order chi connectivity index (χ1) is 11.8. The molecule has 0 saturated heterocycles. The summed E-state index contributed by atoms with van der Waals surface area (Å²) < 4.78 is 25.8. The van der Waals surface area contributed by atoms with Crippen LogP contribution in [0.2, 0.25) is 0 Å². The van der Waals surface area contributed by atoms with Gasteiger partial charge in [0.05, 0.1) is 5.69 Å². The molecule has 2 rings (SSSR count). The number of rotatable bonds is 7. The summed E-state index contributed by atoms with van der Waals surface area (Å²) in [5.74, 6) is -0.187. The van der Waals surface area contributed by atoms with E-state index in [2.05, 4.69) is 29.6 Å². The van der Waals surface area contributed by atoms with E-state index in [9.17, 15) is 13.2 Å². The van der Waals surface area contributed by atoms with Gasteiger partial charge < -0.3 is 5.32 Å². The molecule has 0 aromatic heterocycles. The van der Waals surface area contributed by atoms with Gasteiger partial charge in [-0.15, -0.1) is 0 Å². The molecule has 0 bridgehead atoms. The van der Waals surface area contributed by atoms with Crippen LogP contribution in [0.5, 0.6) is 0 Å². The lowest BCUT2D eigenvalue weighted by Gasteiger charge is -2.15. The molecule has 2 aromatic carbocycles. The highest BCUT2D eigenvalue weighted by Gasteiger charge is 2.21. The number of hydrogen-bond acceptors (Lipinski definition) is 3. The fourth-order valence-electron chi connectivity index (χ4n) is 2.41. The van der Waals surface area contributed by atoms with Gasteiger partial charge in [-0.3, -0.25) is 4.79 Å². The van der Waals surface area contributed by atoms with Gasteiger partial charge in [0, 0.05) is 20.5 Å². The van der Waals surface area contributed by atoms with Crippen LogP contribution in [0.4, 0.5) is 5.69 Å². The number of hydrogen-bond donors (Lipinski definition) is 1. The van der Waals surface area contributed by atoms with Crippen molar-refractivity contribution in [2.24, 2.45) is 0 Å². The molecule has 0 aliphatic rings. The van der Waals surface area contributed by atoms with Gasteiger partial charge in [-0.05, 0) is 37.5 Å². The van der Waals surface area contributed by atoms with Gasteiger partial charge in [-0.1, -0.05) is 42.0 Å². The Labute approximate surface area is 149 Å². The monoisotopic (exact) mass is 360 g/mol. The number of anilines is 1. The lowest BCUT2D eigenvalue weighted by molar-refractivity contribution is -0.116. The highest BCUT2D eigenvalue weighted by atomic mass is 32.2. The van der Waals surface area contributed by atoms with Crippen molar-refractivity contribution in [3.8, 4) is 0 Å². The van der Waals surface area contributed by atoms with Gasteiger partial charge in [0.15, 0.2) is 0 Å². The largest absolute Gasteiger partial charge is 0.325 e. The van der Waals surface area contributed by atoms with Gasteiger partial charge in [0.25, 0.3) is 0 Å². The summed E-state index contributed by atoms with van der Waals surface area (Å²) in [7, 11) is -0.667. The molecule has 134 valence electrons. The molecule has 2 aromatic rings. The Kier molecular flexibility index (Phi) is 6.33. The van der Waals surface area contributed by atoms with Crippen molar-refractivity contribution in [2.75, 3.05) is 19.4 Å². The van der Waals surface area contributed by atoms with Crippen LogP contribution in [-0.4, -0.2) is 32.7 Å². The van der Waals surface area contributed by atoms with E-state index in [4.69, 9.17) is 0 Å². The van der Waals surface area contributed by atoms with Crippen LogP contribution in [0.1, 0.15) is 24.0 Å². The second kappa shape index (κ2) is 8.27. The Hall–Kier alpha value is -2.18. The molecule has 6 heteroatoms. The molecule has 0 saturated carbocycles. The first-order valence-corrected chi connectivity index (χ1v) is 9.61. The van der Waals surface area contributed by atoms with Crippen LogP contribution in [0.15, 0.2) is 53.4 Å². The summed E-state index contributed by atoms with van der Waals surface area (Å²) in [6.07, 6.45) is 1.85. The molecule has 1 amide bonds. The van der Waals surface area contributed by atoms with E-state index in [0.717, 1.165) is 10.7 Å². The number of nitrogens with one attached hydrogen (secondary N) is 1. The highest BCUT2D eigenvalue weighted by Crippen LogP contribution is 2.23. The van der Waals surface area contributed by atoms with Gasteiger partial charge in [-0.25, -0.2) is 12.7 Å². The number of carbonyl (C=O) groups is 1. The zero-order valence-electron chi connectivity index (χ0n) is 14.8. The van der Waals surface area contributed by atoms with Gasteiger partial charge >= 0.3 is 0 Å². The van der Waals surface area contributed by atoms with Crippen molar-refractivity contribution in [1.29, 1.82) is 0 Å². The predicted octanol–water partition coefficient (Wildman–Crippen LogP) is 3.21. The number of amides is 1. The Morgan fingerprint density at radius 3 is 2.32 bits per heavy atom. The maximum absolute atomic E-state index is 12.3. The first-order valence-electron chi connectivity index (χ1n) is 8.17. The molecule has 0 spiro atoms. The van der Waals surface area contributed by atoms with Crippen molar-refractivity contribution in [3.05, 3.63) is 59.7 Å². The summed E-state index contributed by atoms with van der Waals surface area (Å²) in [5.41, 5.74) is 2.71. The third-order valence-electron chi connectivity index (χ3n) is 3.91. The maximum atomic E-state index is 12.3.